The van der Waals surface area contributed by atoms with Crippen molar-refractivity contribution < 1.29 is 14.3 Å². The molecule has 0 amide bonds. The Morgan fingerprint density at radius 3 is 2.67 bits per heavy atom. The summed E-state index contributed by atoms with van der Waals surface area (Å²) in [4.78, 5) is 13.0. The van der Waals surface area contributed by atoms with E-state index in [4.69, 9.17) is 15.2 Å². The first-order valence-corrected chi connectivity index (χ1v) is 7.80. The Labute approximate surface area is 140 Å². The second-order valence-electron chi connectivity index (χ2n) is 5.70. The standard InChI is InChI=1S/C18H19N3O3/c1-23-14-7-6-11(9-15(14)24-2)18(22)17-16(20)12(10-19)13-5-3-4-8-21(13)17/h6-7,9H,3-5,8,20H2,1-2H3. The lowest BCUT2D eigenvalue weighted by atomic mass is 10.1. The predicted molar refractivity (Wildman–Crippen MR) is 89.5 cm³/mol. The zero-order valence-corrected chi connectivity index (χ0v) is 13.8. The zero-order chi connectivity index (χ0) is 17.3. The third-order valence-electron chi connectivity index (χ3n) is 4.43. The number of methoxy groups -OCH3 is 2. The highest BCUT2D eigenvalue weighted by Crippen LogP contribution is 2.33. The molecule has 124 valence electrons. The molecular weight excluding hydrogens is 306 g/mol. The van der Waals surface area contributed by atoms with Crippen LogP contribution < -0.4 is 15.2 Å². The Balaban J connectivity index is 2.12. The number of nitrogen functional groups attached to an aromatic ring is 1. The van der Waals surface area contributed by atoms with Crippen molar-refractivity contribution in [2.45, 2.75) is 25.8 Å². The Morgan fingerprint density at radius 2 is 2.00 bits per heavy atom. The van der Waals surface area contributed by atoms with Gasteiger partial charge in [0.05, 0.1) is 25.5 Å². The number of carbonyl (C=O) groups excluding carboxylic acids is 1. The van der Waals surface area contributed by atoms with Gasteiger partial charge in [0.2, 0.25) is 5.78 Å². The van der Waals surface area contributed by atoms with Crippen molar-refractivity contribution in [3.8, 4) is 17.6 Å². The quantitative estimate of drug-likeness (QED) is 0.872. The summed E-state index contributed by atoms with van der Waals surface area (Å²) in [6.07, 6.45) is 2.74. The second kappa shape index (κ2) is 6.28. The maximum absolute atomic E-state index is 13.0. The number of ketones is 1. The van der Waals surface area contributed by atoms with Crippen molar-refractivity contribution in [1.29, 1.82) is 5.26 Å². The SMILES string of the molecule is COc1ccc(C(=O)c2c(N)c(C#N)c3n2CCCC3)cc1OC. The number of ether oxygens (including phenoxy) is 2. The lowest BCUT2D eigenvalue weighted by molar-refractivity contribution is 0.102. The number of aromatic nitrogens is 1. The lowest BCUT2D eigenvalue weighted by Crippen LogP contribution is -2.17. The van der Waals surface area contributed by atoms with Gasteiger partial charge in [0.1, 0.15) is 11.8 Å². The maximum Gasteiger partial charge on any atom is 0.211 e. The summed E-state index contributed by atoms with van der Waals surface area (Å²) in [5, 5.41) is 9.40. The third-order valence-corrected chi connectivity index (χ3v) is 4.43. The number of hydrogen-bond acceptors (Lipinski definition) is 5. The highest BCUT2D eigenvalue weighted by atomic mass is 16.5. The Morgan fingerprint density at radius 1 is 1.25 bits per heavy atom. The van der Waals surface area contributed by atoms with Crippen molar-refractivity contribution >= 4 is 11.5 Å². The van der Waals surface area contributed by atoms with Crippen LogP contribution in [0.4, 0.5) is 5.69 Å². The van der Waals surface area contributed by atoms with E-state index in [0.717, 1.165) is 25.0 Å². The molecule has 24 heavy (non-hydrogen) atoms. The largest absolute Gasteiger partial charge is 0.493 e. The third kappa shape index (κ3) is 2.38. The summed E-state index contributed by atoms with van der Waals surface area (Å²) in [7, 11) is 3.06. The molecule has 0 saturated heterocycles. The Bertz CT molecular complexity index is 846. The number of nitrogens with zero attached hydrogens (tertiary/aromatic N) is 2. The molecule has 2 heterocycles. The smallest absolute Gasteiger partial charge is 0.211 e. The van der Waals surface area contributed by atoms with Gasteiger partial charge in [0.15, 0.2) is 11.5 Å². The van der Waals surface area contributed by atoms with Crippen LogP contribution >= 0.6 is 0 Å². The second-order valence-corrected chi connectivity index (χ2v) is 5.70. The molecule has 0 atom stereocenters. The molecule has 2 N–H and O–H groups in total. The van der Waals surface area contributed by atoms with Gasteiger partial charge in [0, 0.05) is 17.8 Å². The van der Waals surface area contributed by atoms with Gasteiger partial charge in [-0.3, -0.25) is 4.79 Å². The lowest BCUT2D eigenvalue weighted by Gasteiger charge is -2.17. The minimum atomic E-state index is -0.210. The number of carbonyl (C=O) groups is 1. The number of nitrogens with two attached hydrogens (primary N) is 1. The zero-order valence-electron chi connectivity index (χ0n) is 13.8. The summed E-state index contributed by atoms with van der Waals surface area (Å²) in [5.41, 5.74) is 8.56. The van der Waals surface area contributed by atoms with Crippen molar-refractivity contribution in [2.75, 3.05) is 20.0 Å². The molecular formula is C18H19N3O3. The van der Waals surface area contributed by atoms with Gasteiger partial charge in [-0.15, -0.1) is 0 Å². The molecule has 6 heteroatoms. The molecule has 0 fully saturated rings. The molecule has 0 unspecified atom stereocenters. The van der Waals surface area contributed by atoms with E-state index >= 15 is 0 Å². The first-order chi connectivity index (χ1) is 11.6. The molecule has 1 aliphatic rings. The fourth-order valence-electron chi connectivity index (χ4n) is 3.24. The van der Waals surface area contributed by atoms with E-state index in [2.05, 4.69) is 6.07 Å². The summed E-state index contributed by atoms with van der Waals surface area (Å²) in [6, 6.07) is 7.15. The fourth-order valence-corrected chi connectivity index (χ4v) is 3.24. The van der Waals surface area contributed by atoms with Crippen LogP contribution in [0.25, 0.3) is 0 Å². The van der Waals surface area contributed by atoms with Gasteiger partial charge in [-0.05, 0) is 37.5 Å². The van der Waals surface area contributed by atoms with Crippen LogP contribution in [0, 0.1) is 11.3 Å². The average molecular weight is 325 g/mol. The average Bonchev–Trinajstić information content (AvgIpc) is 2.91. The van der Waals surface area contributed by atoms with Crippen LogP contribution in [-0.4, -0.2) is 24.6 Å². The Kier molecular flexibility index (Phi) is 4.17. The molecule has 1 aliphatic heterocycles. The van der Waals surface area contributed by atoms with Gasteiger partial charge in [-0.2, -0.15) is 5.26 Å². The topological polar surface area (TPSA) is 90.3 Å². The number of rotatable bonds is 4. The molecule has 0 radical (unpaired) electrons. The number of hydrogen-bond donors (Lipinski definition) is 1. The van der Waals surface area contributed by atoms with Crippen LogP contribution in [0.2, 0.25) is 0 Å². The molecule has 0 bridgehead atoms. The van der Waals surface area contributed by atoms with Crippen LogP contribution in [0.5, 0.6) is 11.5 Å². The van der Waals surface area contributed by atoms with Crippen LogP contribution in [0.15, 0.2) is 18.2 Å². The number of anilines is 1. The first kappa shape index (κ1) is 15.9. The van der Waals surface area contributed by atoms with E-state index in [1.165, 1.54) is 7.11 Å². The molecule has 0 spiro atoms. The molecule has 0 aliphatic carbocycles. The first-order valence-electron chi connectivity index (χ1n) is 7.80. The molecule has 1 aromatic heterocycles. The number of benzene rings is 1. The Hall–Kier alpha value is -2.94. The van der Waals surface area contributed by atoms with Crippen LogP contribution in [0.1, 0.15) is 40.2 Å². The molecule has 3 rings (SSSR count). The fraction of sp³-hybridized carbons (Fsp3) is 0.333. The molecule has 0 saturated carbocycles. The highest BCUT2D eigenvalue weighted by molar-refractivity contribution is 6.12. The molecule has 1 aromatic carbocycles. The van der Waals surface area contributed by atoms with E-state index in [9.17, 15) is 10.1 Å². The van der Waals surface area contributed by atoms with Crippen molar-refractivity contribution in [1.82, 2.24) is 4.57 Å². The summed E-state index contributed by atoms with van der Waals surface area (Å²) >= 11 is 0. The minimum absolute atomic E-state index is 0.210. The van der Waals surface area contributed by atoms with Gasteiger partial charge in [-0.25, -0.2) is 0 Å². The van der Waals surface area contributed by atoms with E-state index in [0.29, 0.717) is 34.9 Å². The van der Waals surface area contributed by atoms with Gasteiger partial charge >= 0.3 is 0 Å². The van der Waals surface area contributed by atoms with Crippen molar-refractivity contribution in [3.05, 3.63) is 40.7 Å². The van der Waals surface area contributed by atoms with E-state index in [1.807, 2.05) is 4.57 Å². The van der Waals surface area contributed by atoms with Crippen molar-refractivity contribution in [3.63, 3.8) is 0 Å². The number of fused-ring (bicyclic) bond motifs is 1. The summed E-state index contributed by atoms with van der Waals surface area (Å²) < 4.78 is 12.4. The van der Waals surface area contributed by atoms with Crippen LogP contribution in [-0.2, 0) is 13.0 Å². The highest BCUT2D eigenvalue weighted by Gasteiger charge is 2.28. The van der Waals surface area contributed by atoms with E-state index in [1.54, 1.807) is 25.3 Å². The number of nitriles is 1. The predicted octanol–water partition coefficient (Wildman–Crippen LogP) is 2.53. The van der Waals surface area contributed by atoms with Crippen molar-refractivity contribution in [2.24, 2.45) is 0 Å². The molecule has 2 aromatic rings. The van der Waals surface area contributed by atoms with E-state index in [-0.39, 0.29) is 11.5 Å². The summed E-state index contributed by atoms with van der Waals surface area (Å²) in [6.45, 7) is 0.704. The summed E-state index contributed by atoms with van der Waals surface area (Å²) in [5.74, 6) is 0.822. The molecule has 6 nitrogen and oxygen atoms in total. The monoisotopic (exact) mass is 325 g/mol. The van der Waals surface area contributed by atoms with Crippen LogP contribution in [0.3, 0.4) is 0 Å². The van der Waals surface area contributed by atoms with Gasteiger partial charge in [0.25, 0.3) is 0 Å². The normalized spacial score (nSPS) is 13.0. The van der Waals surface area contributed by atoms with E-state index < -0.39 is 0 Å². The van der Waals surface area contributed by atoms with Gasteiger partial charge < -0.3 is 19.8 Å². The minimum Gasteiger partial charge on any atom is -0.493 e. The van der Waals surface area contributed by atoms with Gasteiger partial charge in [-0.1, -0.05) is 0 Å². The maximum atomic E-state index is 13.0.